The molecule has 6 nitrogen and oxygen atoms in total. The summed E-state index contributed by atoms with van der Waals surface area (Å²) < 4.78 is 4.35. The van der Waals surface area contributed by atoms with E-state index in [0.717, 1.165) is 63.1 Å². The topological polar surface area (TPSA) is 61.4 Å². The second-order valence-electron chi connectivity index (χ2n) is 5.37. The van der Waals surface area contributed by atoms with Crippen molar-refractivity contribution in [3.8, 4) is 0 Å². The van der Waals surface area contributed by atoms with Gasteiger partial charge in [-0.3, -0.25) is 4.79 Å². The van der Waals surface area contributed by atoms with Gasteiger partial charge in [0.15, 0.2) is 0 Å². The van der Waals surface area contributed by atoms with E-state index in [-0.39, 0.29) is 5.92 Å². The molecule has 0 bridgehead atoms. The van der Waals surface area contributed by atoms with Crippen LogP contribution in [-0.4, -0.2) is 59.4 Å². The van der Waals surface area contributed by atoms with Crippen LogP contribution >= 0.6 is 11.5 Å². The van der Waals surface area contributed by atoms with Crippen LogP contribution in [0.2, 0.25) is 0 Å². The van der Waals surface area contributed by atoms with Gasteiger partial charge in [0.1, 0.15) is 5.82 Å². The second kappa shape index (κ2) is 6.05. The van der Waals surface area contributed by atoms with E-state index >= 15 is 0 Å². The molecular weight excluding hydrogens is 274 g/mol. The van der Waals surface area contributed by atoms with Gasteiger partial charge in [-0.25, -0.2) is 4.98 Å². The van der Waals surface area contributed by atoms with Crippen molar-refractivity contribution in [3.63, 3.8) is 0 Å². The molecule has 2 aliphatic rings. The maximum Gasteiger partial charge on any atom is 0.228 e. The molecule has 2 fully saturated rings. The van der Waals surface area contributed by atoms with E-state index in [9.17, 15) is 4.79 Å². The molecule has 1 aromatic heterocycles. The smallest absolute Gasteiger partial charge is 0.228 e. The van der Waals surface area contributed by atoms with Crippen molar-refractivity contribution >= 4 is 22.6 Å². The Labute approximate surface area is 123 Å². The molecule has 1 N–H and O–H groups in total. The van der Waals surface area contributed by atoms with Crippen LogP contribution in [0.4, 0.5) is 5.13 Å². The normalized spacial score (nSPS) is 20.6. The van der Waals surface area contributed by atoms with Crippen molar-refractivity contribution < 1.29 is 4.79 Å². The van der Waals surface area contributed by atoms with E-state index in [2.05, 4.69) is 26.5 Å². The van der Waals surface area contributed by atoms with Gasteiger partial charge in [0.05, 0.1) is 5.92 Å². The van der Waals surface area contributed by atoms with E-state index in [1.165, 1.54) is 11.5 Å². The maximum atomic E-state index is 12.3. The molecule has 110 valence electrons. The van der Waals surface area contributed by atoms with E-state index < -0.39 is 0 Å². The summed E-state index contributed by atoms with van der Waals surface area (Å²) in [5.41, 5.74) is 0. The van der Waals surface area contributed by atoms with E-state index in [4.69, 9.17) is 0 Å². The molecular formula is C13H21N5OS. The first kappa shape index (κ1) is 13.8. The quantitative estimate of drug-likeness (QED) is 0.872. The van der Waals surface area contributed by atoms with Crippen LogP contribution in [0, 0.1) is 5.92 Å². The van der Waals surface area contributed by atoms with Gasteiger partial charge in [-0.05, 0) is 6.42 Å². The predicted molar refractivity (Wildman–Crippen MR) is 79.1 cm³/mol. The summed E-state index contributed by atoms with van der Waals surface area (Å²) in [6, 6.07) is 0. The molecule has 7 heteroatoms. The molecule has 20 heavy (non-hydrogen) atoms. The summed E-state index contributed by atoms with van der Waals surface area (Å²) in [7, 11) is 0. The molecule has 3 heterocycles. The van der Waals surface area contributed by atoms with Gasteiger partial charge in [0.2, 0.25) is 11.0 Å². The van der Waals surface area contributed by atoms with Gasteiger partial charge in [0, 0.05) is 57.2 Å². The van der Waals surface area contributed by atoms with Crippen LogP contribution in [0.15, 0.2) is 0 Å². The van der Waals surface area contributed by atoms with Gasteiger partial charge in [0.25, 0.3) is 0 Å². The Balaban J connectivity index is 1.59. The number of aromatic nitrogens is 2. The van der Waals surface area contributed by atoms with Gasteiger partial charge in [-0.15, -0.1) is 0 Å². The number of aryl methyl sites for hydroxylation is 1. The SMILES string of the molecule is CCc1nsc(N2CCCN(C(=O)C3CNC3)CC2)n1. The summed E-state index contributed by atoms with van der Waals surface area (Å²) in [6.45, 7) is 7.25. The van der Waals surface area contributed by atoms with Gasteiger partial charge in [-0.2, -0.15) is 4.37 Å². The third kappa shape index (κ3) is 2.78. The number of amides is 1. The van der Waals surface area contributed by atoms with Crippen molar-refractivity contribution in [1.29, 1.82) is 0 Å². The number of hydrogen-bond donors (Lipinski definition) is 1. The van der Waals surface area contributed by atoms with Crippen LogP contribution < -0.4 is 10.2 Å². The molecule has 1 amide bonds. The van der Waals surface area contributed by atoms with Crippen LogP contribution in [0.5, 0.6) is 0 Å². The molecule has 0 radical (unpaired) electrons. The Bertz CT molecular complexity index is 473. The monoisotopic (exact) mass is 295 g/mol. The largest absolute Gasteiger partial charge is 0.345 e. The van der Waals surface area contributed by atoms with Crippen molar-refractivity contribution in [1.82, 2.24) is 19.6 Å². The number of hydrogen-bond acceptors (Lipinski definition) is 6. The number of rotatable bonds is 3. The Morgan fingerprint density at radius 2 is 2.20 bits per heavy atom. The molecule has 1 aromatic rings. The third-order valence-corrected chi connectivity index (χ3v) is 4.80. The molecule has 2 aliphatic heterocycles. The lowest BCUT2D eigenvalue weighted by molar-refractivity contribution is -0.136. The lowest BCUT2D eigenvalue weighted by atomic mass is 10.0. The molecule has 0 spiro atoms. The van der Waals surface area contributed by atoms with E-state index in [1.54, 1.807) is 0 Å². The Hall–Kier alpha value is -1.21. The standard InChI is InChI=1S/C13H21N5OS/c1-2-11-15-13(20-16-11)18-5-3-4-17(6-7-18)12(19)10-8-14-9-10/h10,14H,2-9H2,1H3. The second-order valence-corrected chi connectivity index (χ2v) is 6.10. The highest BCUT2D eigenvalue weighted by Gasteiger charge is 2.30. The zero-order valence-corrected chi connectivity index (χ0v) is 12.7. The molecule has 0 aliphatic carbocycles. The Kier molecular flexibility index (Phi) is 4.16. The molecule has 0 aromatic carbocycles. The number of nitrogens with zero attached hydrogens (tertiary/aromatic N) is 4. The molecule has 2 saturated heterocycles. The minimum atomic E-state index is 0.203. The lowest BCUT2D eigenvalue weighted by Crippen LogP contribution is -2.52. The first-order valence-corrected chi connectivity index (χ1v) is 8.12. The summed E-state index contributed by atoms with van der Waals surface area (Å²) in [4.78, 5) is 21.1. The van der Waals surface area contributed by atoms with Crippen LogP contribution in [-0.2, 0) is 11.2 Å². The van der Waals surface area contributed by atoms with Crippen molar-refractivity contribution in [2.75, 3.05) is 44.2 Å². The summed E-state index contributed by atoms with van der Waals surface area (Å²) in [5, 5.41) is 4.17. The molecule has 0 atom stereocenters. The van der Waals surface area contributed by atoms with E-state index in [0.29, 0.717) is 5.91 Å². The highest BCUT2D eigenvalue weighted by atomic mass is 32.1. The molecule has 0 saturated carbocycles. The van der Waals surface area contributed by atoms with Crippen LogP contribution in [0.3, 0.4) is 0 Å². The summed E-state index contributed by atoms with van der Waals surface area (Å²) in [5.74, 6) is 1.44. The fourth-order valence-electron chi connectivity index (χ4n) is 2.57. The Morgan fingerprint density at radius 3 is 2.85 bits per heavy atom. The van der Waals surface area contributed by atoms with Crippen molar-refractivity contribution in [3.05, 3.63) is 5.82 Å². The van der Waals surface area contributed by atoms with Crippen LogP contribution in [0.25, 0.3) is 0 Å². The van der Waals surface area contributed by atoms with Crippen LogP contribution in [0.1, 0.15) is 19.2 Å². The van der Waals surface area contributed by atoms with Crippen molar-refractivity contribution in [2.24, 2.45) is 5.92 Å². The zero-order chi connectivity index (χ0) is 13.9. The summed E-state index contributed by atoms with van der Waals surface area (Å²) in [6.07, 6.45) is 1.89. The number of anilines is 1. The minimum absolute atomic E-state index is 0.203. The highest BCUT2D eigenvalue weighted by molar-refractivity contribution is 7.09. The minimum Gasteiger partial charge on any atom is -0.345 e. The number of nitrogens with one attached hydrogen (secondary N) is 1. The fraction of sp³-hybridized carbons (Fsp3) is 0.769. The first-order valence-electron chi connectivity index (χ1n) is 7.35. The highest BCUT2D eigenvalue weighted by Crippen LogP contribution is 2.20. The maximum absolute atomic E-state index is 12.3. The van der Waals surface area contributed by atoms with Gasteiger partial charge < -0.3 is 15.1 Å². The third-order valence-electron chi connectivity index (χ3n) is 3.98. The Morgan fingerprint density at radius 1 is 1.35 bits per heavy atom. The van der Waals surface area contributed by atoms with Crippen molar-refractivity contribution in [2.45, 2.75) is 19.8 Å². The molecule has 3 rings (SSSR count). The predicted octanol–water partition coefficient (Wildman–Crippen LogP) is 0.359. The number of carbonyl (C=O) groups is 1. The fourth-order valence-corrected chi connectivity index (χ4v) is 3.37. The van der Waals surface area contributed by atoms with Gasteiger partial charge in [-0.1, -0.05) is 6.92 Å². The average molecular weight is 295 g/mol. The lowest BCUT2D eigenvalue weighted by Gasteiger charge is -2.31. The van der Waals surface area contributed by atoms with E-state index in [1.807, 2.05) is 4.90 Å². The number of carbonyl (C=O) groups excluding carboxylic acids is 1. The molecule has 0 unspecified atom stereocenters. The summed E-state index contributed by atoms with van der Waals surface area (Å²) >= 11 is 1.47. The average Bonchev–Trinajstić information content (AvgIpc) is 2.73. The zero-order valence-electron chi connectivity index (χ0n) is 11.8. The van der Waals surface area contributed by atoms with Gasteiger partial charge >= 0.3 is 0 Å². The first-order chi connectivity index (χ1) is 9.78.